The molecule has 0 aliphatic rings. The Morgan fingerprint density at radius 3 is 3.11 bits per heavy atom. The molecule has 2 aromatic rings. The number of pyridine rings is 1. The minimum atomic E-state index is 0.688. The fourth-order valence-corrected chi connectivity index (χ4v) is 1.74. The summed E-state index contributed by atoms with van der Waals surface area (Å²) in [5, 5.41) is 14.6. The lowest BCUT2D eigenvalue weighted by molar-refractivity contribution is 0.774. The Labute approximate surface area is 112 Å². The summed E-state index contributed by atoms with van der Waals surface area (Å²) in [7, 11) is 1.74. The molecule has 2 aromatic heterocycles. The van der Waals surface area contributed by atoms with Crippen LogP contribution in [0.1, 0.15) is 5.82 Å². The lowest BCUT2D eigenvalue weighted by atomic mass is 10.4. The van der Waals surface area contributed by atoms with Gasteiger partial charge < -0.3 is 10.6 Å². The summed E-state index contributed by atoms with van der Waals surface area (Å²) in [6.45, 7) is 5.09. The molecule has 0 fully saturated rings. The van der Waals surface area contributed by atoms with Crippen molar-refractivity contribution in [3.05, 3.63) is 42.9 Å². The van der Waals surface area contributed by atoms with E-state index in [1.165, 1.54) is 0 Å². The van der Waals surface area contributed by atoms with Gasteiger partial charge in [-0.25, -0.2) is 0 Å². The molecule has 100 valence electrons. The third-order valence-electron chi connectivity index (χ3n) is 2.66. The van der Waals surface area contributed by atoms with Gasteiger partial charge in [-0.1, -0.05) is 12.1 Å². The lowest BCUT2D eigenvalue weighted by Crippen LogP contribution is -2.38. The predicted molar refractivity (Wildman–Crippen MR) is 76.3 cm³/mol. The number of hydrogen-bond donors (Lipinski definition) is 2. The van der Waals surface area contributed by atoms with E-state index in [1.807, 2.05) is 28.8 Å². The van der Waals surface area contributed by atoms with Gasteiger partial charge in [0, 0.05) is 32.8 Å². The molecule has 0 aliphatic heterocycles. The van der Waals surface area contributed by atoms with Crippen molar-refractivity contribution in [2.75, 3.05) is 20.1 Å². The molecule has 6 heteroatoms. The first-order chi connectivity index (χ1) is 9.35. The van der Waals surface area contributed by atoms with Crippen LogP contribution in [-0.2, 0) is 6.42 Å². The van der Waals surface area contributed by atoms with Gasteiger partial charge >= 0.3 is 0 Å². The number of nitrogens with zero attached hydrogens (tertiary/aromatic N) is 4. The van der Waals surface area contributed by atoms with E-state index >= 15 is 0 Å². The highest BCUT2D eigenvalue weighted by atomic mass is 15.2. The van der Waals surface area contributed by atoms with Crippen molar-refractivity contribution in [3.63, 3.8) is 0 Å². The van der Waals surface area contributed by atoms with E-state index in [0.29, 0.717) is 6.54 Å². The number of aromatic nitrogens is 3. The molecule has 0 saturated carbocycles. The number of fused-ring (bicyclic) bond motifs is 1. The summed E-state index contributed by atoms with van der Waals surface area (Å²) in [4.78, 5) is 4.11. The van der Waals surface area contributed by atoms with E-state index in [9.17, 15) is 0 Å². The monoisotopic (exact) mass is 258 g/mol. The molecule has 0 saturated heterocycles. The second-order valence-corrected chi connectivity index (χ2v) is 3.96. The van der Waals surface area contributed by atoms with E-state index < -0.39 is 0 Å². The molecule has 2 N–H and O–H groups in total. The minimum Gasteiger partial charge on any atom is -0.356 e. The maximum atomic E-state index is 4.18. The maximum absolute atomic E-state index is 4.18. The molecule has 0 spiro atoms. The summed E-state index contributed by atoms with van der Waals surface area (Å²) in [6.07, 6.45) is 4.54. The van der Waals surface area contributed by atoms with Crippen LogP contribution < -0.4 is 10.6 Å². The molecule has 0 aromatic carbocycles. The Balaban J connectivity index is 1.90. The molecule has 6 nitrogen and oxygen atoms in total. The van der Waals surface area contributed by atoms with E-state index in [4.69, 9.17) is 0 Å². The van der Waals surface area contributed by atoms with E-state index in [2.05, 4.69) is 32.4 Å². The predicted octanol–water partition coefficient (Wildman–Crippen LogP) is 0.623. The zero-order valence-electron chi connectivity index (χ0n) is 11.0. The average Bonchev–Trinajstić information content (AvgIpc) is 2.86. The molecule has 2 rings (SSSR count). The van der Waals surface area contributed by atoms with Gasteiger partial charge in [0.2, 0.25) is 0 Å². The molecule has 0 unspecified atom stereocenters. The Morgan fingerprint density at radius 1 is 1.42 bits per heavy atom. The largest absolute Gasteiger partial charge is 0.356 e. The van der Waals surface area contributed by atoms with Crippen LogP contribution in [0.2, 0.25) is 0 Å². The van der Waals surface area contributed by atoms with Gasteiger partial charge in [-0.2, -0.15) is 0 Å². The first-order valence-electron chi connectivity index (χ1n) is 6.19. The standard InChI is InChI=1S/C13H18N6/c1-3-8-15-13(14-2)16-9-7-12-18-17-11-6-4-5-10-19(11)12/h3-6,10H,1,7-9H2,2H3,(H2,14,15,16). The van der Waals surface area contributed by atoms with Gasteiger partial charge in [0.25, 0.3) is 0 Å². The lowest BCUT2D eigenvalue weighted by Gasteiger charge is -2.09. The molecule has 0 aliphatic carbocycles. The van der Waals surface area contributed by atoms with E-state index in [-0.39, 0.29) is 0 Å². The first-order valence-corrected chi connectivity index (χ1v) is 6.19. The Morgan fingerprint density at radius 2 is 2.32 bits per heavy atom. The zero-order valence-corrected chi connectivity index (χ0v) is 11.0. The van der Waals surface area contributed by atoms with Gasteiger partial charge in [-0.3, -0.25) is 9.39 Å². The summed E-state index contributed by atoms with van der Waals surface area (Å²) >= 11 is 0. The highest BCUT2D eigenvalue weighted by molar-refractivity contribution is 5.79. The van der Waals surface area contributed by atoms with Gasteiger partial charge in [0.15, 0.2) is 11.6 Å². The van der Waals surface area contributed by atoms with Crippen molar-refractivity contribution in [2.24, 2.45) is 4.99 Å². The quantitative estimate of drug-likeness (QED) is 0.469. The summed E-state index contributed by atoms with van der Waals surface area (Å²) in [5.41, 5.74) is 0.867. The summed E-state index contributed by atoms with van der Waals surface area (Å²) < 4.78 is 1.99. The maximum Gasteiger partial charge on any atom is 0.191 e. The third-order valence-corrected chi connectivity index (χ3v) is 2.66. The molecule has 0 bridgehead atoms. The number of aliphatic imine (C=N–C) groups is 1. The van der Waals surface area contributed by atoms with Crippen LogP contribution >= 0.6 is 0 Å². The highest BCUT2D eigenvalue weighted by Gasteiger charge is 2.04. The second-order valence-electron chi connectivity index (χ2n) is 3.96. The van der Waals surface area contributed by atoms with Crippen molar-refractivity contribution in [3.8, 4) is 0 Å². The SMILES string of the molecule is C=CCNC(=NC)NCCc1nnc2ccccn12. The van der Waals surface area contributed by atoms with Crippen LogP contribution in [0.15, 0.2) is 42.0 Å². The van der Waals surface area contributed by atoms with Gasteiger partial charge in [0.05, 0.1) is 0 Å². The fraction of sp³-hybridized carbons (Fsp3) is 0.308. The second kappa shape index (κ2) is 6.53. The van der Waals surface area contributed by atoms with Crippen molar-refractivity contribution >= 4 is 11.6 Å². The van der Waals surface area contributed by atoms with Gasteiger partial charge in [0.1, 0.15) is 5.82 Å². The molecule has 2 heterocycles. The van der Waals surface area contributed by atoms with Crippen LogP contribution in [0.3, 0.4) is 0 Å². The Hall–Kier alpha value is -2.37. The molecular formula is C13H18N6. The topological polar surface area (TPSA) is 66.6 Å². The molecule has 19 heavy (non-hydrogen) atoms. The van der Waals surface area contributed by atoms with Crippen molar-refractivity contribution < 1.29 is 0 Å². The minimum absolute atomic E-state index is 0.688. The van der Waals surface area contributed by atoms with E-state index in [0.717, 1.165) is 30.4 Å². The normalized spacial score (nSPS) is 11.5. The molecular weight excluding hydrogens is 240 g/mol. The van der Waals surface area contributed by atoms with Crippen LogP contribution in [0, 0.1) is 0 Å². The number of hydrogen-bond acceptors (Lipinski definition) is 3. The summed E-state index contributed by atoms with van der Waals surface area (Å²) in [5.74, 6) is 1.69. The molecule has 0 radical (unpaired) electrons. The first kappa shape index (κ1) is 13.1. The van der Waals surface area contributed by atoms with Gasteiger partial charge in [-0.15, -0.1) is 16.8 Å². The fourth-order valence-electron chi connectivity index (χ4n) is 1.74. The Kier molecular flexibility index (Phi) is 4.49. The van der Waals surface area contributed by atoms with Crippen molar-refractivity contribution in [1.29, 1.82) is 0 Å². The van der Waals surface area contributed by atoms with Crippen LogP contribution in [0.25, 0.3) is 5.65 Å². The highest BCUT2D eigenvalue weighted by Crippen LogP contribution is 2.02. The average molecular weight is 258 g/mol. The molecule has 0 atom stereocenters. The Bertz CT molecular complexity index is 571. The molecule has 0 amide bonds. The van der Waals surface area contributed by atoms with Crippen molar-refractivity contribution in [1.82, 2.24) is 25.2 Å². The van der Waals surface area contributed by atoms with Crippen molar-refractivity contribution in [2.45, 2.75) is 6.42 Å². The number of nitrogens with one attached hydrogen (secondary N) is 2. The van der Waals surface area contributed by atoms with Gasteiger partial charge in [-0.05, 0) is 12.1 Å². The number of guanidine groups is 1. The zero-order chi connectivity index (χ0) is 13.5. The van der Waals surface area contributed by atoms with Crippen LogP contribution in [0.4, 0.5) is 0 Å². The van der Waals surface area contributed by atoms with Crippen LogP contribution in [0.5, 0.6) is 0 Å². The number of rotatable bonds is 5. The van der Waals surface area contributed by atoms with E-state index in [1.54, 1.807) is 13.1 Å². The third kappa shape index (κ3) is 3.31. The van der Waals surface area contributed by atoms with Crippen LogP contribution in [-0.4, -0.2) is 40.7 Å². The summed E-state index contributed by atoms with van der Waals surface area (Å²) in [6, 6.07) is 5.86. The smallest absolute Gasteiger partial charge is 0.191 e.